The Kier molecular flexibility index (Phi) is 16.4. The van der Waals surface area contributed by atoms with E-state index in [1.54, 1.807) is 0 Å². The molecule has 0 aromatic carbocycles. The van der Waals surface area contributed by atoms with Crippen LogP contribution in [0.2, 0.25) is 0 Å². The van der Waals surface area contributed by atoms with Gasteiger partial charge in [-0.1, -0.05) is 58.1 Å². The summed E-state index contributed by atoms with van der Waals surface area (Å²) in [7, 11) is 0. The highest BCUT2D eigenvalue weighted by Gasteiger charge is 2.07. The van der Waals surface area contributed by atoms with Gasteiger partial charge in [-0.15, -0.1) is 0 Å². The maximum Gasteiger partial charge on any atom is 0.305 e. The number of aliphatic hydroxyl groups is 2. The van der Waals surface area contributed by atoms with Gasteiger partial charge >= 0.3 is 5.97 Å². The van der Waals surface area contributed by atoms with Crippen LogP contribution in [0.5, 0.6) is 0 Å². The molecule has 0 saturated heterocycles. The van der Waals surface area contributed by atoms with Gasteiger partial charge in [0, 0.05) is 6.42 Å². The number of unbranched alkanes of at least 4 members (excludes halogenated alkanes) is 7. The van der Waals surface area contributed by atoms with E-state index in [-0.39, 0.29) is 19.2 Å². The second kappa shape index (κ2) is 17.0. The Morgan fingerprint density at radius 1 is 0.958 bits per heavy atom. The lowest BCUT2D eigenvalue weighted by Crippen LogP contribution is -2.21. The van der Waals surface area contributed by atoms with Crippen LogP contribution in [0.1, 0.15) is 84.5 Å². The normalized spacial score (nSPS) is 12.9. The molecule has 24 heavy (non-hydrogen) atoms. The largest absolute Gasteiger partial charge is 0.463 e. The zero-order valence-corrected chi connectivity index (χ0v) is 15.7. The van der Waals surface area contributed by atoms with Gasteiger partial charge in [0.25, 0.3) is 0 Å². The van der Waals surface area contributed by atoms with Crippen molar-refractivity contribution in [3.63, 3.8) is 0 Å². The minimum Gasteiger partial charge on any atom is -0.463 e. The van der Waals surface area contributed by atoms with Crippen LogP contribution in [-0.2, 0) is 9.53 Å². The second-order valence-electron chi connectivity index (χ2n) is 6.98. The standard InChI is InChI=1S/C20H38O4/c1-18(2)14-12-10-8-6-4-3-5-7-9-11-13-15-20(23)24-17-19(22)16-21/h4,6,18-19,21-22H,3,5,7-17H2,1-2H3/b6-4-. The first-order chi connectivity index (χ1) is 11.6. The lowest BCUT2D eigenvalue weighted by molar-refractivity contribution is -0.147. The summed E-state index contributed by atoms with van der Waals surface area (Å²) in [5.74, 6) is 0.533. The van der Waals surface area contributed by atoms with Crippen molar-refractivity contribution < 1.29 is 19.7 Å². The number of rotatable bonds is 16. The molecule has 0 saturated carbocycles. The Hall–Kier alpha value is -0.870. The minimum atomic E-state index is -0.961. The van der Waals surface area contributed by atoms with Gasteiger partial charge in [0.1, 0.15) is 12.7 Å². The van der Waals surface area contributed by atoms with Crippen LogP contribution in [0, 0.1) is 5.92 Å². The molecule has 0 aromatic heterocycles. The molecule has 0 spiro atoms. The van der Waals surface area contributed by atoms with E-state index in [1.807, 2.05) is 0 Å². The molecule has 2 N–H and O–H groups in total. The fraction of sp³-hybridized carbons (Fsp3) is 0.850. The number of carbonyl (C=O) groups is 1. The Balaban J connectivity index is 3.26. The quantitative estimate of drug-likeness (QED) is 0.248. The van der Waals surface area contributed by atoms with E-state index in [9.17, 15) is 4.79 Å². The third-order valence-electron chi connectivity index (χ3n) is 3.97. The van der Waals surface area contributed by atoms with Gasteiger partial charge in [-0.3, -0.25) is 4.79 Å². The van der Waals surface area contributed by atoms with E-state index in [0.717, 1.165) is 31.6 Å². The molecule has 0 aliphatic rings. The summed E-state index contributed by atoms with van der Waals surface area (Å²) >= 11 is 0. The molecule has 0 rings (SSSR count). The van der Waals surface area contributed by atoms with Gasteiger partial charge < -0.3 is 14.9 Å². The first-order valence-corrected chi connectivity index (χ1v) is 9.65. The van der Waals surface area contributed by atoms with E-state index >= 15 is 0 Å². The molecule has 0 aliphatic carbocycles. The second-order valence-corrected chi connectivity index (χ2v) is 6.98. The van der Waals surface area contributed by atoms with Crippen molar-refractivity contribution >= 4 is 5.97 Å². The molecule has 0 aliphatic heterocycles. The van der Waals surface area contributed by atoms with Crippen LogP contribution in [0.15, 0.2) is 12.2 Å². The third kappa shape index (κ3) is 17.5. The van der Waals surface area contributed by atoms with Crippen molar-refractivity contribution in [1.29, 1.82) is 0 Å². The molecule has 0 radical (unpaired) electrons. The zero-order chi connectivity index (χ0) is 18.0. The fourth-order valence-corrected chi connectivity index (χ4v) is 2.43. The Morgan fingerprint density at radius 2 is 1.54 bits per heavy atom. The Labute approximate surface area is 148 Å². The average Bonchev–Trinajstić information content (AvgIpc) is 2.56. The SMILES string of the molecule is CC(C)CCCC/C=C\CCCCCCCC(=O)OCC(O)CO. The van der Waals surface area contributed by atoms with E-state index in [1.165, 1.54) is 38.5 Å². The van der Waals surface area contributed by atoms with E-state index in [4.69, 9.17) is 14.9 Å². The average molecular weight is 343 g/mol. The van der Waals surface area contributed by atoms with Gasteiger partial charge in [-0.25, -0.2) is 0 Å². The van der Waals surface area contributed by atoms with Crippen LogP contribution in [0.3, 0.4) is 0 Å². The van der Waals surface area contributed by atoms with Gasteiger partial charge in [-0.2, -0.15) is 0 Å². The lowest BCUT2D eigenvalue weighted by atomic mass is 10.0. The lowest BCUT2D eigenvalue weighted by Gasteiger charge is -2.08. The highest BCUT2D eigenvalue weighted by molar-refractivity contribution is 5.69. The number of carbonyl (C=O) groups excluding carboxylic acids is 1. The van der Waals surface area contributed by atoms with Gasteiger partial charge in [0.15, 0.2) is 0 Å². The van der Waals surface area contributed by atoms with Crippen LogP contribution in [0.4, 0.5) is 0 Å². The fourth-order valence-electron chi connectivity index (χ4n) is 2.43. The van der Waals surface area contributed by atoms with Gasteiger partial charge in [0.05, 0.1) is 6.61 Å². The number of hydrogen-bond acceptors (Lipinski definition) is 4. The number of aliphatic hydroxyl groups excluding tert-OH is 2. The molecule has 0 heterocycles. The predicted molar refractivity (Wildman–Crippen MR) is 98.8 cm³/mol. The first-order valence-electron chi connectivity index (χ1n) is 9.65. The predicted octanol–water partition coefficient (Wildman–Crippen LogP) is 4.39. The van der Waals surface area contributed by atoms with Crippen molar-refractivity contribution in [3.8, 4) is 0 Å². The van der Waals surface area contributed by atoms with Crippen LogP contribution in [-0.4, -0.2) is 35.5 Å². The monoisotopic (exact) mass is 342 g/mol. The molecule has 1 unspecified atom stereocenters. The molecular weight excluding hydrogens is 304 g/mol. The number of ether oxygens (including phenoxy) is 1. The highest BCUT2D eigenvalue weighted by Crippen LogP contribution is 2.10. The van der Waals surface area contributed by atoms with Gasteiger partial charge in [-0.05, 0) is 38.0 Å². The van der Waals surface area contributed by atoms with Crippen LogP contribution in [0.25, 0.3) is 0 Å². The minimum absolute atomic E-state index is 0.112. The van der Waals surface area contributed by atoms with Crippen LogP contribution >= 0.6 is 0 Å². The first kappa shape index (κ1) is 23.1. The molecule has 0 amide bonds. The molecule has 4 heteroatoms. The van der Waals surface area contributed by atoms with Crippen molar-refractivity contribution in [2.45, 2.75) is 90.6 Å². The summed E-state index contributed by atoms with van der Waals surface area (Å²) in [5.41, 5.74) is 0. The summed E-state index contributed by atoms with van der Waals surface area (Å²) in [6.07, 6.45) is 15.8. The van der Waals surface area contributed by atoms with Crippen molar-refractivity contribution in [2.75, 3.05) is 13.2 Å². The molecule has 0 aromatic rings. The molecular formula is C20H38O4. The smallest absolute Gasteiger partial charge is 0.305 e. The molecule has 1 atom stereocenters. The maximum atomic E-state index is 11.4. The van der Waals surface area contributed by atoms with E-state index < -0.39 is 6.10 Å². The summed E-state index contributed by atoms with van der Waals surface area (Å²) in [6.45, 7) is 4.07. The number of allylic oxidation sites excluding steroid dienone is 2. The van der Waals surface area contributed by atoms with E-state index in [0.29, 0.717) is 6.42 Å². The number of hydrogen-bond donors (Lipinski definition) is 2. The highest BCUT2D eigenvalue weighted by atomic mass is 16.5. The van der Waals surface area contributed by atoms with Crippen LogP contribution < -0.4 is 0 Å². The zero-order valence-electron chi connectivity index (χ0n) is 15.7. The molecule has 0 fully saturated rings. The molecule has 0 bridgehead atoms. The Morgan fingerprint density at radius 3 is 2.17 bits per heavy atom. The van der Waals surface area contributed by atoms with Crippen molar-refractivity contribution in [2.24, 2.45) is 5.92 Å². The van der Waals surface area contributed by atoms with Crippen molar-refractivity contribution in [3.05, 3.63) is 12.2 Å². The molecule has 4 nitrogen and oxygen atoms in total. The summed E-state index contributed by atoms with van der Waals surface area (Å²) in [4.78, 5) is 11.4. The summed E-state index contributed by atoms with van der Waals surface area (Å²) in [6, 6.07) is 0. The summed E-state index contributed by atoms with van der Waals surface area (Å²) < 4.78 is 4.85. The van der Waals surface area contributed by atoms with E-state index in [2.05, 4.69) is 26.0 Å². The van der Waals surface area contributed by atoms with Crippen molar-refractivity contribution in [1.82, 2.24) is 0 Å². The third-order valence-corrected chi connectivity index (χ3v) is 3.97. The summed E-state index contributed by atoms with van der Waals surface area (Å²) in [5, 5.41) is 17.7. The maximum absolute atomic E-state index is 11.4. The topological polar surface area (TPSA) is 66.8 Å². The number of esters is 1. The Bertz CT molecular complexity index is 313. The van der Waals surface area contributed by atoms with Gasteiger partial charge in [0.2, 0.25) is 0 Å². The molecule has 142 valence electrons.